The van der Waals surface area contributed by atoms with Gasteiger partial charge in [-0.25, -0.2) is 0 Å². The minimum absolute atomic E-state index is 0.0991. The highest BCUT2D eigenvalue weighted by atomic mass is 16.5. The van der Waals surface area contributed by atoms with Gasteiger partial charge < -0.3 is 15.0 Å². The number of carbonyl (C=O) groups is 2. The van der Waals surface area contributed by atoms with Crippen molar-refractivity contribution in [2.24, 2.45) is 0 Å². The van der Waals surface area contributed by atoms with Crippen LogP contribution in [0.25, 0.3) is 0 Å². The predicted octanol–water partition coefficient (Wildman–Crippen LogP) is 2.68. The third kappa shape index (κ3) is 2.90. The molecule has 1 heterocycles. The van der Waals surface area contributed by atoms with Crippen molar-refractivity contribution in [3.8, 4) is 5.75 Å². The van der Waals surface area contributed by atoms with Gasteiger partial charge in [0.1, 0.15) is 11.8 Å². The van der Waals surface area contributed by atoms with Gasteiger partial charge in [0, 0.05) is 17.8 Å². The summed E-state index contributed by atoms with van der Waals surface area (Å²) in [6, 6.07) is 14.0. The Kier molecular flexibility index (Phi) is 4.02. The molecule has 0 aromatic heterocycles. The van der Waals surface area contributed by atoms with E-state index in [0.29, 0.717) is 17.8 Å². The zero-order chi connectivity index (χ0) is 16.4. The number of nitrogens with one attached hydrogen (secondary N) is 1. The summed E-state index contributed by atoms with van der Waals surface area (Å²) < 4.78 is 5.09. The van der Waals surface area contributed by atoms with Crippen LogP contribution in [0.5, 0.6) is 5.75 Å². The maximum atomic E-state index is 12.4. The van der Waals surface area contributed by atoms with Gasteiger partial charge in [0.15, 0.2) is 0 Å². The fourth-order valence-corrected chi connectivity index (χ4v) is 2.65. The summed E-state index contributed by atoms with van der Waals surface area (Å²) in [4.78, 5) is 26.4. The summed E-state index contributed by atoms with van der Waals surface area (Å²) in [5.74, 6) is 0.413. The molecular formula is C18H18N2O3. The maximum Gasteiger partial charge on any atom is 0.255 e. The topological polar surface area (TPSA) is 58.6 Å². The number of ether oxygens (including phenoxy) is 1. The largest absolute Gasteiger partial charge is 0.497 e. The molecule has 0 aliphatic carbocycles. The Morgan fingerprint density at radius 1 is 1.17 bits per heavy atom. The molecule has 118 valence electrons. The lowest BCUT2D eigenvalue weighted by Crippen LogP contribution is -2.42. The van der Waals surface area contributed by atoms with Crippen LogP contribution in [0, 0.1) is 0 Å². The molecular weight excluding hydrogens is 292 g/mol. The molecule has 23 heavy (non-hydrogen) atoms. The number of amides is 2. The minimum atomic E-state index is -0.544. The van der Waals surface area contributed by atoms with E-state index in [1.807, 2.05) is 18.2 Å². The molecule has 3 rings (SSSR count). The lowest BCUT2D eigenvalue weighted by molar-refractivity contribution is -0.120. The summed E-state index contributed by atoms with van der Waals surface area (Å²) in [5, 5.41) is 2.83. The quantitative estimate of drug-likeness (QED) is 0.944. The first kappa shape index (κ1) is 15.1. The summed E-state index contributed by atoms with van der Waals surface area (Å²) in [6.07, 6.45) is 0. The van der Waals surface area contributed by atoms with E-state index in [9.17, 15) is 9.59 Å². The van der Waals surface area contributed by atoms with Crippen molar-refractivity contribution in [2.75, 3.05) is 12.4 Å². The van der Waals surface area contributed by atoms with E-state index in [1.54, 1.807) is 49.3 Å². The van der Waals surface area contributed by atoms with Crippen molar-refractivity contribution in [1.82, 2.24) is 4.90 Å². The van der Waals surface area contributed by atoms with Gasteiger partial charge in [0.2, 0.25) is 5.91 Å². The summed E-state index contributed by atoms with van der Waals surface area (Å²) in [5.41, 5.74) is 2.31. The number of rotatable bonds is 4. The molecule has 1 atom stereocenters. The number of hydrogen-bond donors (Lipinski definition) is 1. The van der Waals surface area contributed by atoms with E-state index in [1.165, 1.54) is 0 Å². The fraction of sp³-hybridized carbons (Fsp3) is 0.222. The molecule has 2 amide bonds. The van der Waals surface area contributed by atoms with E-state index in [0.717, 1.165) is 11.3 Å². The molecule has 0 saturated heterocycles. The van der Waals surface area contributed by atoms with Crippen molar-refractivity contribution < 1.29 is 14.3 Å². The first-order valence-electron chi connectivity index (χ1n) is 7.44. The van der Waals surface area contributed by atoms with Gasteiger partial charge in [-0.1, -0.05) is 18.2 Å². The summed E-state index contributed by atoms with van der Waals surface area (Å²) in [6.45, 7) is 2.20. The van der Waals surface area contributed by atoms with E-state index in [-0.39, 0.29) is 11.8 Å². The van der Waals surface area contributed by atoms with Crippen molar-refractivity contribution in [3.05, 3.63) is 59.7 Å². The molecule has 1 aliphatic rings. The van der Waals surface area contributed by atoms with Gasteiger partial charge in [-0.15, -0.1) is 0 Å². The van der Waals surface area contributed by atoms with Crippen LogP contribution in [0.15, 0.2) is 48.5 Å². The fourth-order valence-electron chi connectivity index (χ4n) is 2.65. The lowest BCUT2D eigenvalue weighted by atomic mass is 10.1. The Morgan fingerprint density at radius 3 is 2.52 bits per heavy atom. The molecule has 1 N–H and O–H groups in total. The SMILES string of the molecule is COc1ccc(NC(=O)C(C)N2Cc3ccccc3C2=O)cc1. The van der Waals surface area contributed by atoms with Crippen molar-refractivity contribution >= 4 is 17.5 Å². The number of methoxy groups -OCH3 is 1. The highest BCUT2D eigenvalue weighted by Crippen LogP contribution is 2.25. The summed E-state index contributed by atoms with van der Waals surface area (Å²) in [7, 11) is 1.59. The standard InChI is InChI=1S/C18H18N2O3/c1-12(17(21)19-14-7-9-15(23-2)10-8-14)20-11-13-5-3-4-6-16(13)18(20)22/h3-10,12H,11H2,1-2H3,(H,19,21). The maximum absolute atomic E-state index is 12.4. The minimum Gasteiger partial charge on any atom is -0.497 e. The van der Waals surface area contributed by atoms with E-state index >= 15 is 0 Å². The molecule has 5 heteroatoms. The molecule has 0 bridgehead atoms. The van der Waals surface area contributed by atoms with Crippen LogP contribution in [0.2, 0.25) is 0 Å². The highest BCUT2D eigenvalue weighted by molar-refractivity contribution is 6.03. The second kappa shape index (κ2) is 6.12. The Labute approximate surface area is 134 Å². The van der Waals surface area contributed by atoms with Crippen LogP contribution < -0.4 is 10.1 Å². The second-order valence-corrected chi connectivity index (χ2v) is 5.48. The average Bonchev–Trinajstić information content (AvgIpc) is 2.92. The second-order valence-electron chi connectivity index (χ2n) is 5.48. The van der Waals surface area contributed by atoms with Gasteiger partial charge in [-0.2, -0.15) is 0 Å². The van der Waals surface area contributed by atoms with E-state index in [4.69, 9.17) is 4.74 Å². The Morgan fingerprint density at radius 2 is 1.87 bits per heavy atom. The lowest BCUT2D eigenvalue weighted by Gasteiger charge is -2.23. The molecule has 0 spiro atoms. The van der Waals surface area contributed by atoms with Crippen LogP contribution in [-0.4, -0.2) is 29.9 Å². The Hall–Kier alpha value is -2.82. The molecule has 0 saturated carbocycles. The molecule has 2 aromatic carbocycles. The molecule has 2 aromatic rings. The first-order chi connectivity index (χ1) is 11.1. The molecule has 0 radical (unpaired) electrons. The molecule has 1 aliphatic heterocycles. The van der Waals surface area contributed by atoms with Crippen LogP contribution >= 0.6 is 0 Å². The van der Waals surface area contributed by atoms with Crippen LogP contribution in [0.4, 0.5) is 5.69 Å². The van der Waals surface area contributed by atoms with Crippen LogP contribution in [0.3, 0.4) is 0 Å². The average molecular weight is 310 g/mol. The van der Waals surface area contributed by atoms with Gasteiger partial charge in [-0.05, 0) is 42.8 Å². The monoisotopic (exact) mass is 310 g/mol. The van der Waals surface area contributed by atoms with Crippen molar-refractivity contribution in [3.63, 3.8) is 0 Å². The predicted molar refractivity (Wildman–Crippen MR) is 87.4 cm³/mol. The smallest absolute Gasteiger partial charge is 0.255 e. The van der Waals surface area contributed by atoms with Crippen LogP contribution in [0.1, 0.15) is 22.8 Å². The number of fused-ring (bicyclic) bond motifs is 1. The molecule has 1 unspecified atom stereocenters. The number of carbonyl (C=O) groups excluding carboxylic acids is 2. The number of benzene rings is 2. The van der Waals surface area contributed by atoms with E-state index < -0.39 is 6.04 Å². The van der Waals surface area contributed by atoms with Crippen molar-refractivity contribution in [2.45, 2.75) is 19.5 Å². The zero-order valence-electron chi connectivity index (χ0n) is 13.1. The normalized spacial score (nSPS) is 14.3. The third-order valence-corrected chi connectivity index (χ3v) is 4.05. The molecule has 5 nitrogen and oxygen atoms in total. The molecule has 0 fully saturated rings. The third-order valence-electron chi connectivity index (χ3n) is 4.05. The van der Waals surface area contributed by atoms with Gasteiger partial charge in [0.05, 0.1) is 7.11 Å². The van der Waals surface area contributed by atoms with Crippen molar-refractivity contribution in [1.29, 1.82) is 0 Å². The Balaban J connectivity index is 1.69. The van der Waals surface area contributed by atoms with Gasteiger partial charge >= 0.3 is 0 Å². The number of hydrogen-bond acceptors (Lipinski definition) is 3. The summed E-state index contributed by atoms with van der Waals surface area (Å²) >= 11 is 0. The van der Waals surface area contributed by atoms with E-state index in [2.05, 4.69) is 5.32 Å². The highest BCUT2D eigenvalue weighted by Gasteiger charge is 2.33. The van der Waals surface area contributed by atoms with Crippen LogP contribution in [-0.2, 0) is 11.3 Å². The number of anilines is 1. The zero-order valence-corrected chi connectivity index (χ0v) is 13.1. The number of nitrogens with zero attached hydrogens (tertiary/aromatic N) is 1. The van der Waals surface area contributed by atoms with Gasteiger partial charge in [0.25, 0.3) is 5.91 Å². The first-order valence-corrected chi connectivity index (χ1v) is 7.44. The van der Waals surface area contributed by atoms with Gasteiger partial charge in [-0.3, -0.25) is 9.59 Å². The Bertz CT molecular complexity index is 740.